The van der Waals surface area contributed by atoms with E-state index in [0.29, 0.717) is 19.8 Å². The highest BCUT2D eigenvalue weighted by Gasteiger charge is 2.39. The van der Waals surface area contributed by atoms with Crippen molar-refractivity contribution in [2.75, 3.05) is 12.8 Å². The summed E-state index contributed by atoms with van der Waals surface area (Å²) in [6.07, 6.45) is -7.26. The number of rotatable bonds is 11. The molecule has 0 saturated carbocycles. The maximum absolute atomic E-state index is 13.1. The lowest BCUT2D eigenvalue weighted by Crippen LogP contribution is -2.37. The molecule has 0 aliphatic rings. The molecule has 3 aromatic rings. The van der Waals surface area contributed by atoms with Gasteiger partial charge in [0.15, 0.2) is 17.7 Å². The van der Waals surface area contributed by atoms with Gasteiger partial charge in [-0.25, -0.2) is 22.6 Å². The summed E-state index contributed by atoms with van der Waals surface area (Å²) < 4.78 is 66.1. The highest BCUT2D eigenvalue weighted by atomic mass is 35.5. The monoisotopic (exact) mass is 628 g/mol. The van der Waals surface area contributed by atoms with Crippen LogP contribution in [0.15, 0.2) is 47.3 Å². The number of aliphatic hydroxyl groups is 1. The fraction of sp³-hybridized carbons (Fsp3) is 0.348. The van der Waals surface area contributed by atoms with E-state index >= 15 is 0 Å². The third kappa shape index (κ3) is 8.29. The molecule has 0 aliphatic heterocycles. The van der Waals surface area contributed by atoms with Crippen LogP contribution in [0.5, 0.6) is 0 Å². The maximum atomic E-state index is 13.1. The number of hydrogen-bond acceptors (Lipinski definition) is 6. The Morgan fingerprint density at radius 1 is 1.13 bits per heavy atom. The van der Waals surface area contributed by atoms with Crippen molar-refractivity contribution >= 4 is 50.6 Å². The fourth-order valence-electron chi connectivity index (χ4n) is 3.68. The second-order valence-corrected chi connectivity index (χ2v) is 11.7. The second kappa shape index (κ2) is 12.4. The SMILES string of the molecule is CS(=O)(=O)NCC(CC(=O)Cn1nc(-c2ccc(Cl)cc2)n(C[C@H](O)C(F)(F)F)c1=O)c1cccc(Cl)c1Cl. The Labute approximate surface area is 236 Å². The number of nitrogens with one attached hydrogen (secondary N) is 1. The Balaban J connectivity index is 1.95. The van der Waals surface area contributed by atoms with E-state index in [4.69, 9.17) is 34.8 Å². The molecule has 0 fully saturated rings. The molecule has 0 amide bonds. The minimum Gasteiger partial charge on any atom is -0.382 e. The van der Waals surface area contributed by atoms with Gasteiger partial charge in [-0.15, -0.1) is 5.10 Å². The van der Waals surface area contributed by atoms with E-state index in [1.807, 2.05) is 0 Å². The van der Waals surface area contributed by atoms with Crippen molar-refractivity contribution in [3.8, 4) is 11.4 Å². The number of alkyl halides is 3. The van der Waals surface area contributed by atoms with Gasteiger partial charge in [-0.05, 0) is 35.9 Å². The van der Waals surface area contributed by atoms with Crippen LogP contribution in [0, 0.1) is 0 Å². The van der Waals surface area contributed by atoms with Crippen LogP contribution in [0.1, 0.15) is 17.9 Å². The van der Waals surface area contributed by atoms with E-state index in [1.165, 1.54) is 30.3 Å². The number of aliphatic hydroxyl groups excluding tert-OH is 1. The van der Waals surface area contributed by atoms with Crippen molar-refractivity contribution in [2.45, 2.75) is 37.7 Å². The number of hydrogen-bond donors (Lipinski definition) is 2. The number of halogens is 6. The lowest BCUT2D eigenvalue weighted by molar-refractivity contribution is -0.207. The average Bonchev–Trinajstić information content (AvgIpc) is 3.12. The summed E-state index contributed by atoms with van der Waals surface area (Å²) in [6.45, 7) is -2.03. The van der Waals surface area contributed by atoms with Crippen LogP contribution in [-0.4, -0.2) is 58.7 Å². The van der Waals surface area contributed by atoms with E-state index in [2.05, 4.69) is 9.82 Å². The summed E-state index contributed by atoms with van der Waals surface area (Å²) in [5.74, 6) is -1.61. The van der Waals surface area contributed by atoms with E-state index in [0.717, 1.165) is 6.26 Å². The second-order valence-electron chi connectivity index (χ2n) is 8.64. The van der Waals surface area contributed by atoms with E-state index < -0.39 is 52.8 Å². The molecule has 39 heavy (non-hydrogen) atoms. The molecule has 0 radical (unpaired) electrons. The topological polar surface area (TPSA) is 123 Å². The predicted octanol–water partition coefficient (Wildman–Crippen LogP) is 3.89. The predicted molar refractivity (Wildman–Crippen MR) is 141 cm³/mol. The van der Waals surface area contributed by atoms with Crippen LogP contribution < -0.4 is 10.4 Å². The number of sulfonamides is 1. The number of aromatic nitrogens is 3. The van der Waals surface area contributed by atoms with E-state index in [-0.39, 0.29) is 34.4 Å². The summed E-state index contributed by atoms with van der Waals surface area (Å²) in [4.78, 5) is 26.1. The number of nitrogens with zero attached hydrogens (tertiary/aromatic N) is 3. The molecule has 1 aromatic heterocycles. The molecule has 0 bridgehead atoms. The van der Waals surface area contributed by atoms with Crippen molar-refractivity contribution in [3.05, 3.63) is 73.6 Å². The molecule has 9 nitrogen and oxygen atoms in total. The molecule has 1 heterocycles. The van der Waals surface area contributed by atoms with Crippen LogP contribution in [0.3, 0.4) is 0 Å². The van der Waals surface area contributed by atoms with Crippen LogP contribution >= 0.6 is 34.8 Å². The van der Waals surface area contributed by atoms with Crippen LogP contribution in [0.2, 0.25) is 15.1 Å². The zero-order chi connectivity index (χ0) is 29.1. The van der Waals surface area contributed by atoms with Crippen molar-refractivity contribution in [1.29, 1.82) is 0 Å². The first kappa shape index (κ1) is 31.1. The van der Waals surface area contributed by atoms with Gasteiger partial charge in [-0.1, -0.05) is 46.9 Å². The van der Waals surface area contributed by atoms with Gasteiger partial charge in [0, 0.05) is 29.5 Å². The molecule has 3 rings (SSSR count). The Morgan fingerprint density at radius 3 is 2.36 bits per heavy atom. The standard InChI is InChI=1S/C23H22Cl3F3N4O5S/c1-39(37,38)30-10-14(17-3-2-4-18(25)20(17)26)9-16(34)11-33-22(36)32(12-19(35)23(27,28)29)21(31-33)13-5-7-15(24)8-6-13/h2-8,14,19,30,35H,9-12H2,1H3/t14?,19-/m0/s1. The van der Waals surface area contributed by atoms with Gasteiger partial charge in [-0.3, -0.25) is 9.36 Å². The highest BCUT2D eigenvalue weighted by molar-refractivity contribution is 7.88. The summed E-state index contributed by atoms with van der Waals surface area (Å²) >= 11 is 18.2. The minimum atomic E-state index is -5.01. The van der Waals surface area contributed by atoms with Gasteiger partial charge >= 0.3 is 11.9 Å². The number of carbonyl (C=O) groups excluding carboxylic acids is 1. The largest absolute Gasteiger partial charge is 0.416 e. The quantitative estimate of drug-likeness (QED) is 0.332. The van der Waals surface area contributed by atoms with Gasteiger partial charge in [0.25, 0.3) is 0 Å². The van der Waals surface area contributed by atoms with E-state index in [1.54, 1.807) is 12.1 Å². The number of ketones is 1. The Bertz CT molecular complexity index is 1510. The molecular weight excluding hydrogens is 608 g/mol. The Kier molecular flexibility index (Phi) is 9.89. The first-order valence-electron chi connectivity index (χ1n) is 11.2. The summed E-state index contributed by atoms with van der Waals surface area (Å²) in [5.41, 5.74) is -0.470. The summed E-state index contributed by atoms with van der Waals surface area (Å²) in [7, 11) is -3.64. The molecule has 2 aromatic carbocycles. The number of Topliss-reactive ketones (excluding diaryl/α,β-unsaturated/α-hetero) is 1. The van der Waals surface area contributed by atoms with Crippen molar-refractivity contribution in [3.63, 3.8) is 0 Å². The summed E-state index contributed by atoms with van der Waals surface area (Å²) in [5, 5.41) is 14.3. The molecule has 1 unspecified atom stereocenters. The fourth-order valence-corrected chi connectivity index (χ4v) is 4.78. The molecule has 0 aliphatic carbocycles. The number of benzene rings is 2. The van der Waals surface area contributed by atoms with E-state index in [9.17, 15) is 36.3 Å². The van der Waals surface area contributed by atoms with Crippen molar-refractivity contribution in [1.82, 2.24) is 19.1 Å². The molecule has 0 spiro atoms. The first-order chi connectivity index (χ1) is 18.1. The van der Waals surface area contributed by atoms with Crippen LogP contribution in [0.4, 0.5) is 13.2 Å². The molecule has 212 valence electrons. The van der Waals surface area contributed by atoms with Gasteiger partial charge in [-0.2, -0.15) is 13.2 Å². The van der Waals surface area contributed by atoms with Crippen LogP contribution in [-0.2, 0) is 27.9 Å². The Morgan fingerprint density at radius 2 is 1.77 bits per heavy atom. The van der Waals surface area contributed by atoms with Gasteiger partial charge in [0.2, 0.25) is 10.0 Å². The molecule has 2 atom stereocenters. The lowest BCUT2D eigenvalue weighted by Gasteiger charge is -2.19. The highest BCUT2D eigenvalue weighted by Crippen LogP contribution is 2.33. The minimum absolute atomic E-state index is 0.111. The first-order valence-corrected chi connectivity index (χ1v) is 14.2. The lowest BCUT2D eigenvalue weighted by atomic mass is 9.93. The molecule has 0 saturated heterocycles. The van der Waals surface area contributed by atoms with Crippen molar-refractivity contribution in [2.24, 2.45) is 0 Å². The third-order valence-corrected chi connectivity index (χ3v) is 7.35. The zero-order valence-corrected chi connectivity index (χ0v) is 23.2. The molecule has 2 N–H and O–H groups in total. The zero-order valence-electron chi connectivity index (χ0n) is 20.1. The van der Waals surface area contributed by atoms with Crippen LogP contribution in [0.25, 0.3) is 11.4 Å². The maximum Gasteiger partial charge on any atom is 0.416 e. The Hall–Kier alpha value is -2.42. The van der Waals surface area contributed by atoms with Crippen molar-refractivity contribution < 1.29 is 31.5 Å². The van der Waals surface area contributed by atoms with Gasteiger partial charge in [0.05, 0.1) is 22.8 Å². The van der Waals surface area contributed by atoms with Gasteiger partial charge in [0.1, 0.15) is 6.54 Å². The van der Waals surface area contributed by atoms with Gasteiger partial charge < -0.3 is 5.11 Å². The normalized spacial score (nSPS) is 13.8. The number of carbonyl (C=O) groups is 1. The summed E-state index contributed by atoms with van der Waals surface area (Å²) in [6, 6.07) is 10.3. The molecule has 16 heteroatoms. The average molecular weight is 630 g/mol. The third-order valence-electron chi connectivity index (χ3n) is 5.57. The molecular formula is C23H22Cl3F3N4O5S. The smallest absolute Gasteiger partial charge is 0.382 e.